The average molecular weight is 537 g/mol. The molecule has 0 N–H and O–H groups in total. The number of aryl methyl sites for hydroxylation is 2. The van der Waals surface area contributed by atoms with E-state index in [0.29, 0.717) is 13.2 Å². The molecule has 2 aliphatic rings. The van der Waals surface area contributed by atoms with E-state index in [0.717, 1.165) is 73.6 Å². The van der Waals surface area contributed by atoms with Gasteiger partial charge in [0.2, 0.25) is 11.8 Å². The Kier molecular flexibility index (Phi) is 10.9. The van der Waals surface area contributed by atoms with Crippen molar-refractivity contribution in [2.75, 3.05) is 74.2 Å². The lowest BCUT2D eigenvalue weighted by atomic mass is 9.84. The van der Waals surface area contributed by atoms with Crippen molar-refractivity contribution >= 4 is 22.8 Å². The van der Waals surface area contributed by atoms with Crippen LogP contribution in [0.5, 0.6) is 5.75 Å². The normalized spacial score (nSPS) is 21.6. The molecule has 1 aromatic carbocycles. The van der Waals surface area contributed by atoms with Crippen LogP contribution in [0.1, 0.15) is 36.8 Å². The van der Waals surface area contributed by atoms with Gasteiger partial charge in [-0.25, -0.2) is 8.51 Å². The number of nitrogens with zero attached hydrogens (tertiary/aromatic N) is 4. The molecule has 9 nitrogen and oxygen atoms in total. The number of hydrogen-bond acceptors (Lipinski definition) is 6. The first-order valence-electron chi connectivity index (χ1n) is 13.2. The first-order chi connectivity index (χ1) is 17.6. The molecular formula is C27H44N4O5S. The predicted octanol–water partition coefficient (Wildman–Crippen LogP) is 2.07. The van der Waals surface area contributed by atoms with Crippen molar-refractivity contribution in [1.29, 1.82) is 0 Å². The maximum absolute atomic E-state index is 13.1. The van der Waals surface area contributed by atoms with Gasteiger partial charge in [-0.1, -0.05) is 0 Å². The summed E-state index contributed by atoms with van der Waals surface area (Å²) >= 11 is 0. The van der Waals surface area contributed by atoms with Crippen LogP contribution in [0, 0.1) is 19.8 Å². The molecule has 37 heavy (non-hydrogen) atoms. The van der Waals surface area contributed by atoms with E-state index in [-0.39, 0.29) is 30.4 Å². The molecule has 208 valence electrons. The standard InChI is InChI=1S/C27H44N4O5S/c1-20-17-24(35-6)18-21(2)26(20)37(34)29(4)15-16-36-19-25(32)30(5)23-9-7-22(8-10-23)27(33)31-13-11-28(3)12-14-31/h17-18,22-23H,7-16,19H2,1-6H3. The van der Waals surface area contributed by atoms with Gasteiger partial charge in [-0.15, -0.1) is 0 Å². The number of benzene rings is 1. The Hall–Kier alpha value is -2.01. The van der Waals surface area contributed by atoms with Gasteiger partial charge in [-0.3, -0.25) is 9.59 Å². The summed E-state index contributed by atoms with van der Waals surface area (Å²) in [6, 6.07) is 3.91. The highest BCUT2D eigenvalue weighted by molar-refractivity contribution is 7.82. The van der Waals surface area contributed by atoms with E-state index >= 15 is 0 Å². The van der Waals surface area contributed by atoms with E-state index < -0.39 is 11.0 Å². The third-order valence-corrected chi connectivity index (χ3v) is 9.45. The molecule has 0 radical (unpaired) electrons. The van der Waals surface area contributed by atoms with Crippen LogP contribution < -0.4 is 4.74 Å². The molecule has 1 unspecified atom stereocenters. The van der Waals surface area contributed by atoms with E-state index in [4.69, 9.17) is 9.47 Å². The minimum atomic E-state index is -1.33. The number of rotatable bonds is 10. The Morgan fingerprint density at radius 3 is 2.19 bits per heavy atom. The lowest BCUT2D eigenvalue weighted by molar-refractivity contribution is -0.140. The SMILES string of the molecule is COc1cc(C)c(S(=O)N(C)CCOCC(=O)N(C)C2CCC(C(=O)N3CCN(C)CC3)CC2)c(C)c1. The summed E-state index contributed by atoms with van der Waals surface area (Å²) in [6.07, 6.45) is 3.34. The number of carbonyl (C=O) groups is 2. The van der Waals surface area contributed by atoms with Gasteiger partial charge in [0.25, 0.3) is 0 Å². The minimum Gasteiger partial charge on any atom is -0.497 e. The molecule has 0 bridgehead atoms. The summed E-state index contributed by atoms with van der Waals surface area (Å²) in [4.78, 5) is 32.4. The van der Waals surface area contributed by atoms with Crippen molar-refractivity contribution in [3.63, 3.8) is 0 Å². The van der Waals surface area contributed by atoms with Crippen LogP contribution in [0.4, 0.5) is 0 Å². The molecule has 1 heterocycles. The molecule has 1 aromatic rings. The number of amides is 2. The fraction of sp³-hybridized carbons (Fsp3) is 0.704. The predicted molar refractivity (Wildman–Crippen MR) is 145 cm³/mol. The van der Waals surface area contributed by atoms with Crippen molar-refractivity contribution in [2.45, 2.75) is 50.5 Å². The number of carbonyl (C=O) groups excluding carboxylic acids is 2. The molecule has 0 spiro atoms. The van der Waals surface area contributed by atoms with Crippen molar-refractivity contribution in [3.05, 3.63) is 23.3 Å². The number of hydrogen-bond donors (Lipinski definition) is 0. The second-order valence-corrected chi connectivity index (χ2v) is 11.9. The van der Waals surface area contributed by atoms with E-state index in [2.05, 4.69) is 11.9 Å². The van der Waals surface area contributed by atoms with Crippen LogP contribution in [0.3, 0.4) is 0 Å². The summed E-state index contributed by atoms with van der Waals surface area (Å²) in [7, 11) is 6.00. The summed E-state index contributed by atoms with van der Waals surface area (Å²) in [6.45, 7) is 8.10. The molecule has 1 saturated carbocycles. The van der Waals surface area contributed by atoms with Crippen LogP contribution >= 0.6 is 0 Å². The first kappa shape index (κ1) is 29.5. The van der Waals surface area contributed by atoms with Gasteiger partial charge in [0.05, 0.1) is 18.6 Å². The Morgan fingerprint density at radius 1 is 1.03 bits per heavy atom. The smallest absolute Gasteiger partial charge is 0.248 e. The zero-order valence-electron chi connectivity index (χ0n) is 23.3. The lowest BCUT2D eigenvalue weighted by Crippen LogP contribution is -2.50. The molecule has 10 heteroatoms. The number of piperazine rings is 1. The molecule has 1 saturated heterocycles. The highest BCUT2D eigenvalue weighted by atomic mass is 32.2. The third-order valence-electron chi connectivity index (χ3n) is 7.71. The number of ether oxygens (including phenoxy) is 2. The highest BCUT2D eigenvalue weighted by Gasteiger charge is 2.33. The largest absolute Gasteiger partial charge is 0.497 e. The molecule has 1 atom stereocenters. The minimum absolute atomic E-state index is 0.00226. The van der Waals surface area contributed by atoms with Crippen LogP contribution in [-0.2, 0) is 25.3 Å². The van der Waals surface area contributed by atoms with Gasteiger partial charge >= 0.3 is 0 Å². The van der Waals surface area contributed by atoms with Gasteiger partial charge < -0.3 is 24.2 Å². The van der Waals surface area contributed by atoms with Gasteiger partial charge in [-0.05, 0) is 69.8 Å². The zero-order chi connectivity index (χ0) is 27.1. The van der Waals surface area contributed by atoms with E-state index in [9.17, 15) is 13.8 Å². The Bertz CT molecular complexity index is 935. The Morgan fingerprint density at radius 2 is 1.62 bits per heavy atom. The van der Waals surface area contributed by atoms with Crippen LogP contribution in [0.25, 0.3) is 0 Å². The van der Waals surface area contributed by atoms with Gasteiger partial charge in [0.15, 0.2) is 0 Å². The van der Waals surface area contributed by atoms with E-state index in [1.165, 1.54) is 0 Å². The van der Waals surface area contributed by atoms with Crippen LogP contribution in [0.2, 0.25) is 0 Å². The molecule has 1 aliphatic heterocycles. The summed E-state index contributed by atoms with van der Waals surface area (Å²) in [5, 5.41) is 0. The molecule has 1 aliphatic carbocycles. The van der Waals surface area contributed by atoms with Crippen molar-refractivity contribution < 1.29 is 23.3 Å². The third kappa shape index (κ3) is 7.75. The Labute approximate surface area is 224 Å². The number of likely N-dealkylation sites (N-methyl/N-ethyl adjacent to an activating group) is 3. The fourth-order valence-electron chi connectivity index (χ4n) is 5.20. The molecule has 2 amide bonds. The average Bonchev–Trinajstić information content (AvgIpc) is 2.89. The van der Waals surface area contributed by atoms with Gasteiger partial charge in [-0.2, -0.15) is 0 Å². The zero-order valence-corrected chi connectivity index (χ0v) is 24.1. The highest BCUT2D eigenvalue weighted by Crippen LogP contribution is 2.29. The second-order valence-electron chi connectivity index (χ2n) is 10.4. The summed E-state index contributed by atoms with van der Waals surface area (Å²) in [5.41, 5.74) is 1.83. The van der Waals surface area contributed by atoms with Gasteiger partial charge in [0.1, 0.15) is 23.3 Å². The second kappa shape index (κ2) is 13.7. The molecule has 2 fully saturated rings. The molecule has 0 aromatic heterocycles. The van der Waals surface area contributed by atoms with Crippen molar-refractivity contribution in [3.8, 4) is 5.75 Å². The van der Waals surface area contributed by atoms with E-state index in [1.54, 1.807) is 23.4 Å². The topological polar surface area (TPSA) is 82.6 Å². The first-order valence-corrected chi connectivity index (χ1v) is 14.3. The Balaban J connectivity index is 1.38. The monoisotopic (exact) mass is 536 g/mol. The van der Waals surface area contributed by atoms with Crippen LogP contribution in [0.15, 0.2) is 17.0 Å². The van der Waals surface area contributed by atoms with Crippen molar-refractivity contribution in [2.24, 2.45) is 5.92 Å². The van der Waals surface area contributed by atoms with Crippen LogP contribution in [-0.4, -0.2) is 115 Å². The van der Waals surface area contributed by atoms with Gasteiger partial charge in [0, 0.05) is 58.8 Å². The van der Waals surface area contributed by atoms with E-state index in [1.807, 2.05) is 37.9 Å². The number of methoxy groups -OCH3 is 1. The lowest BCUT2D eigenvalue weighted by Gasteiger charge is -2.38. The quantitative estimate of drug-likeness (QED) is 0.426. The fourth-order valence-corrected chi connectivity index (χ4v) is 6.42. The maximum Gasteiger partial charge on any atom is 0.248 e. The summed E-state index contributed by atoms with van der Waals surface area (Å²) in [5.74, 6) is 1.05. The maximum atomic E-state index is 13.1. The molecular weight excluding hydrogens is 492 g/mol. The summed E-state index contributed by atoms with van der Waals surface area (Å²) < 4.78 is 25.7. The van der Waals surface area contributed by atoms with Crippen molar-refractivity contribution in [1.82, 2.24) is 19.0 Å². The molecule has 3 rings (SSSR count).